The van der Waals surface area contributed by atoms with E-state index < -0.39 is 73.5 Å². The summed E-state index contributed by atoms with van der Waals surface area (Å²) >= 11 is 11.7. The van der Waals surface area contributed by atoms with E-state index in [2.05, 4.69) is 15.5 Å². The van der Waals surface area contributed by atoms with Crippen LogP contribution in [-0.2, 0) is 49.3 Å². The molecule has 0 radical (unpaired) electrons. The second-order valence-corrected chi connectivity index (χ2v) is 10.5. The van der Waals surface area contributed by atoms with Crippen LogP contribution in [0.2, 0.25) is 0 Å². The minimum Gasteiger partial charge on any atom is -0.463 e. The van der Waals surface area contributed by atoms with E-state index in [1.807, 2.05) is 24.3 Å². The molecule has 1 aromatic carbocycles. The fraction of sp³-hybridized carbons (Fsp3) is 0.607. The maximum atomic E-state index is 15.4. The topological polar surface area (TPSA) is 150 Å². The molecule has 2 N–H and O–H groups in total. The van der Waals surface area contributed by atoms with Gasteiger partial charge in [0.2, 0.25) is 11.8 Å². The number of hydrogen-bond donors (Lipinski definition) is 2. The first-order valence-electron chi connectivity index (χ1n) is 13.7. The van der Waals surface area contributed by atoms with Crippen molar-refractivity contribution in [3.63, 3.8) is 0 Å². The Labute approximate surface area is 259 Å². The van der Waals surface area contributed by atoms with Gasteiger partial charge in [0.1, 0.15) is 19.1 Å². The molecule has 0 aromatic heterocycles. The highest BCUT2D eigenvalue weighted by atomic mass is 35.5. The van der Waals surface area contributed by atoms with Gasteiger partial charge in [-0.1, -0.05) is 12.1 Å². The lowest BCUT2D eigenvalue weighted by molar-refractivity contribution is -0.239. The molecule has 43 heavy (non-hydrogen) atoms. The van der Waals surface area contributed by atoms with Crippen molar-refractivity contribution in [2.45, 2.75) is 70.7 Å². The van der Waals surface area contributed by atoms with Crippen LogP contribution in [0.1, 0.15) is 39.2 Å². The summed E-state index contributed by atoms with van der Waals surface area (Å²) in [6, 6.07) is 7.95. The summed E-state index contributed by atoms with van der Waals surface area (Å²) < 4.78 is 35.9. The van der Waals surface area contributed by atoms with Crippen LogP contribution in [-0.4, -0.2) is 98.4 Å². The fourth-order valence-corrected chi connectivity index (χ4v) is 4.81. The Hall–Kier alpha value is -3.16. The zero-order valence-corrected chi connectivity index (χ0v) is 25.8. The van der Waals surface area contributed by atoms with Crippen LogP contribution in [0.3, 0.4) is 0 Å². The molecule has 0 bridgehead atoms. The smallest absolute Gasteiger partial charge is 0.303 e. The summed E-state index contributed by atoms with van der Waals surface area (Å²) in [6.45, 7) is 4.40. The Balaban J connectivity index is 1.89. The van der Waals surface area contributed by atoms with Gasteiger partial charge in [-0.15, -0.1) is 23.2 Å². The van der Waals surface area contributed by atoms with Crippen molar-refractivity contribution >= 4 is 58.6 Å². The van der Waals surface area contributed by atoms with E-state index in [0.717, 1.165) is 32.0 Å². The van der Waals surface area contributed by atoms with Crippen molar-refractivity contribution in [2.75, 3.05) is 42.9 Å². The van der Waals surface area contributed by atoms with E-state index in [9.17, 15) is 24.0 Å². The van der Waals surface area contributed by atoms with Crippen molar-refractivity contribution in [3.8, 4) is 0 Å². The molecule has 0 saturated carbocycles. The number of anilines is 1. The lowest BCUT2D eigenvalue weighted by Crippen LogP contribution is -2.64. The lowest BCUT2D eigenvalue weighted by atomic mass is 9.98. The number of alkyl halides is 3. The molecule has 1 aliphatic heterocycles. The van der Waals surface area contributed by atoms with Gasteiger partial charge in [0.15, 0.2) is 24.6 Å². The Morgan fingerprint density at radius 1 is 0.907 bits per heavy atom. The van der Waals surface area contributed by atoms with Crippen LogP contribution in [0, 0.1) is 0 Å². The standard InChI is InChI=1S/C28H38Cl2FN3O9/c1-17(35)40-16-22-26(41-18(2)36)27(42-19(3)37)25(31)28(43-22)33-24(39)15-23(38)32-12-4-5-20-6-8-21(9-7-20)34(13-10-29)14-11-30/h6-9,22,25-28H,4-5,10-16H2,1-3H3,(H,32,38)(H,33,39)/t22-,25-,26-,27-,28-/m1/s1. The third-order valence-electron chi connectivity index (χ3n) is 6.27. The van der Waals surface area contributed by atoms with E-state index in [1.54, 1.807) is 0 Å². The molecule has 1 aromatic rings. The molecule has 1 heterocycles. The van der Waals surface area contributed by atoms with Crippen LogP contribution in [0.25, 0.3) is 0 Å². The molecule has 0 spiro atoms. The Morgan fingerprint density at radius 2 is 1.51 bits per heavy atom. The first-order chi connectivity index (χ1) is 20.4. The van der Waals surface area contributed by atoms with Gasteiger partial charge in [0, 0.05) is 57.9 Å². The molecule has 0 aliphatic carbocycles. The summed E-state index contributed by atoms with van der Waals surface area (Å²) in [5.41, 5.74) is 2.08. The van der Waals surface area contributed by atoms with Crippen molar-refractivity contribution < 1.29 is 47.3 Å². The maximum absolute atomic E-state index is 15.4. The number of nitrogens with one attached hydrogen (secondary N) is 2. The Bertz CT molecular complexity index is 1090. The summed E-state index contributed by atoms with van der Waals surface area (Å²) in [6.07, 6.45) is -7.60. The number of hydrogen-bond acceptors (Lipinski definition) is 10. The monoisotopic (exact) mass is 649 g/mol. The van der Waals surface area contributed by atoms with E-state index in [1.165, 1.54) is 0 Å². The van der Waals surface area contributed by atoms with Gasteiger partial charge >= 0.3 is 17.9 Å². The Kier molecular flexibility index (Phi) is 15.5. The molecule has 1 aliphatic rings. The van der Waals surface area contributed by atoms with Crippen molar-refractivity contribution in [2.24, 2.45) is 0 Å². The number of carbonyl (C=O) groups is 5. The molecular weight excluding hydrogens is 612 g/mol. The van der Waals surface area contributed by atoms with Gasteiger partial charge in [0.25, 0.3) is 0 Å². The fourth-order valence-electron chi connectivity index (χ4n) is 4.40. The summed E-state index contributed by atoms with van der Waals surface area (Å²) in [7, 11) is 0. The first kappa shape index (κ1) is 36.0. The van der Waals surface area contributed by atoms with Gasteiger partial charge < -0.3 is 34.5 Å². The average molecular weight is 651 g/mol. The minimum absolute atomic E-state index is 0.299. The van der Waals surface area contributed by atoms with Crippen molar-refractivity contribution in [1.29, 1.82) is 0 Å². The van der Waals surface area contributed by atoms with Gasteiger partial charge in [-0.25, -0.2) is 4.39 Å². The van der Waals surface area contributed by atoms with Crippen LogP contribution >= 0.6 is 23.2 Å². The van der Waals surface area contributed by atoms with Gasteiger partial charge in [0.05, 0.1) is 0 Å². The number of aryl methyl sites for hydroxylation is 1. The number of halogens is 3. The van der Waals surface area contributed by atoms with E-state index in [4.69, 9.17) is 42.1 Å². The number of rotatable bonds is 16. The van der Waals surface area contributed by atoms with Crippen LogP contribution in [0.15, 0.2) is 24.3 Å². The van der Waals surface area contributed by atoms with Crippen LogP contribution in [0.5, 0.6) is 0 Å². The molecule has 5 atom stereocenters. The van der Waals surface area contributed by atoms with Gasteiger partial charge in [-0.3, -0.25) is 24.0 Å². The highest BCUT2D eigenvalue weighted by molar-refractivity contribution is 6.18. The quantitative estimate of drug-likeness (QED) is 0.0895. The normalized spacial score (nSPS) is 21.3. The molecule has 12 nitrogen and oxygen atoms in total. The minimum atomic E-state index is -2.17. The van der Waals surface area contributed by atoms with Crippen LogP contribution < -0.4 is 15.5 Å². The third kappa shape index (κ3) is 12.5. The van der Waals surface area contributed by atoms with E-state index in [0.29, 0.717) is 44.2 Å². The average Bonchev–Trinajstić information content (AvgIpc) is 2.93. The maximum Gasteiger partial charge on any atom is 0.303 e. The number of nitrogens with zero attached hydrogens (tertiary/aromatic N) is 1. The number of amides is 2. The second-order valence-electron chi connectivity index (χ2n) is 9.72. The summed E-state index contributed by atoms with van der Waals surface area (Å²) in [4.78, 5) is 61.5. The highest BCUT2D eigenvalue weighted by Crippen LogP contribution is 2.28. The van der Waals surface area contributed by atoms with Gasteiger partial charge in [-0.2, -0.15) is 0 Å². The summed E-state index contributed by atoms with van der Waals surface area (Å²) in [5, 5.41) is 4.90. The molecule has 15 heteroatoms. The molecular formula is C28H38Cl2FN3O9. The number of benzene rings is 1. The third-order valence-corrected chi connectivity index (χ3v) is 6.61. The van der Waals surface area contributed by atoms with Gasteiger partial charge in [-0.05, 0) is 30.5 Å². The number of esters is 3. The molecule has 2 rings (SSSR count). The zero-order valence-electron chi connectivity index (χ0n) is 24.3. The van der Waals surface area contributed by atoms with Crippen molar-refractivity contribution in [1.82, 2.24) is 10.6 Å². The Morgan fingerprint density at radius 3 is 2.07 bits per heavy atom. The molecule has 2 amide bonds. The van der Waals surface area contributed by atoms with Crippen LogP contribution in [0.4, 0.5) is 10.1 Å². The molecule has 240 valence electrons. The molecule has 0 unspecified atom stereocenters. The SMILES string of the molecule is CC(=O)OC[C@H]1O[C@@H](NC(=O)CC(=O)NCCCc2ccc(N(CCCl)CCCl)cc2)[C@H](F)[C@@H](OC(C)=O)[C@@H]1OC(C)=O. The zero-order chi connectivity index (χ0) is 31.9. The number of carbonyl (C=O) groups excluding carboxylic acids is 5. The van der Waals surface area contributed by atoms with E-state index >= 15 is 4.39 Å². The molecule has 1 saturated heterocycles. The summed E-state index contributed by atoms with van der Waals surface area (Å²) in [5.74, 6) is -2.88. The van der Waals surface area contributed by atoms with E-state index in [-0.39, 0.29) is 0 Å². The first-order valence-corrected chi connectivity index (χ1v) is 14.8. The highest BCUT2D eigenvalue weighted by Gasteiger charge is 2.51. The van der Waals surface area contributed by atoms with Crippen molar-refractivity contribution in [3.05, 3.63) is 29.8 Å². The second kappa shape index (κ2) is 18.5. The number of ether oxygens (including phenoxy) is 4. The predicted molar refractivity (Wildman–Crippen MR) is 155 cm³/mol. The molecule has 1 fully saturated rings. The predicted octanol–water partition coefficient (Wildman–Crippen LogP) is 2.02. The lowest BCUT2D eigenvalue weighted by Gasteiger charge is -2.42. The largest absolute Gasteiger partial charge is 0.463 e.